The van der Waals surface area contributed by atoms with Gasteiger partial charge in [0, 0.05) is 11.1 Å². The predicted octanol–water partition coefficient (Wildman–Crippen LogP) is 5.62. The van der Waals surface area contributed by atoms with Gasteiger partial charge in [0.2, 0.25) is 5.28 Å². The first-order valence-corrected chi connectivity index (χ1v) is 7.77. The van der Waals surface area contributed by atoms with Crippen LogP contribution in [0.1, 0.15) is 0 Å². The molecule has 0 bridgehead atoms. The van der Waals surface area contributed by atoms with Crippen LogP contribution in [0.3, 0.4) is 0 Å². The van der Waals surface area contributed by atoms with Gasteiger partial charge in [-0.3, -0.25) is 0 Å². The third kappa shape index (κ3) is 2.69. The molecule has 0 amide bonds. The molecule has 0 unspecified atom stereocenters. The normalized spacial score (nSPS) is 10.8. The Morgan fingerprint density at radius 2 is 1.35 bits per heavy atom. The molecule has 0 fully saturated rings. The van der Waals surface area contributed by atoms with E-state index in [0.717, 1.165) is 27.9 Å². The summed E-state index contributed by atoms with van der Waals surface area (Å²) >= 11 is 6.18. The maximum atomic E-state index is 6.18. The van der Waals surface area contributed by atoms with E-state index in [1.165, 1.54) is 5.39 Å². The van der Waals surface area contributed by atoms with Gasteiger partial charge >= 0.3 is 0 Å². The van der Waals surface area contributed by atoms with Gasteiger partial charge in [0.15, 0.2) is 0 Å². The van der Waals surface area contributed by atoms with Crippen LogP contribution in [0, 0.1) is 0 Å². The Morgan fingerprint density at radius 1 is 0.652 bits per heavy atom. The maximum absolute atomic E-state index is 6.18. The zero-order valence-electron chi connectivity index (χ0n) is 12.3. The Morgan fingerprint density at radius 3 is 2.22 bits per heavy atom. The Balaban J connectivity index is 1.94. The number of halogens is 1. The molecule has 3 heteroatoms. The highest BCUT2D eigenvalue weighted by Crippen LogP contribution is 2.30. The van der Waals surface area contributed by atoms with E-state index in [1.54, 1.807) is 0 Å². The largest absolute Gasteiger partial charge is 0.223 e. The molecule has 0 aliphatic carbocycles. The molecule has 4 aromatic rings. The monoisotopic (exact) mass is 316 g/mol. The van der Waals surface area contributed by atoms with Crippen LogP contribution in [0.4, 0.5) is 0 Å². The lowest BCUT2D eigenvalue weighted by Gasteiger charge is -2.08. The number of fused-ring (bicyclic) bond motifs is 1. The summed E-state index contributed by atoms with van der Waals surface area (Å²) in [4.78, 5) is 8.80. The van der Waals surface area contributed by atoms with Gasteiger partial charge in [-0.05, 0) is 28.4 Å². The number of benzene rings is 3. The Hall–Kier alpha value is -2.71. The zero-order valence-corrected chi connectivity index (χ0v) is 13.0. The van der Waals surface area contributed by atoms with E-state index < -0.39 is 0 Å². The summed E-state index contributed by atoms with van der Waals surface area (Å²) in [5.41, 5.74) is 3.75. The zero-order chi connectivity index (χ0) is 15.6. The molecule has 0 radical (unpaired) electrons. The number of hydrogen-bond donors (Lipinski definition) is 0. The van der Waals surface area contributed by atoms with Crippen LogP contribution in [0.5, 0.6) is 0 Å². The Bertz CT molecular complexity index is 976. The van der Waals surface area contributed by atoms with E-state index in [-0.39, 0.29) is 5.28 Å². The van der Waals surface area contributed by atoms with Gasteiger partial charge in [0.1, 0.15) is 0 Å². The summed E-state index contributed by atoms with van der Waals surface area (Å²) < 4.78 is 0. The smallest absolute Gasteiger partial charge is 0.218 e. The van der Waals surface area contributed by atoms with Crippen molar-refractivity contribution in [2.75, 3.05) is 0 Å². The van der Waals surface area contributed by atoms with Crippen molar-refractivity contribution in [3.8, 4) is 22.5 Å². The Kier molecular flexibility index (Phi) is 3.52. The van der Waals surface area contributed by atoms with Gasteiger partial charge in [0.05, 0.1) is 11.4 Å². The lowest BCUT2D eigenvalue weighted by Crippen LogP contribution is -1.92. The van der Waals surface area contributed by atoms with Gasteiger partial charge in [0.25, 0.3) is 0 Å². The molecule has 0 saturated heterocycles. The van der Waals surface area contributed by atoms with Gasteiger partial charge in [-0.25, -0.2) is 9.97 Å². The second-order valence-corrected chi connectivity index (χ2v) is 5.64. The lowest BCUT2D eigenvalue weighted by atomic mass is 10.0. The van der Waals surface area contributed by atoms with Gasteiger partial charge in [-0.2, -0.15) is 0 Å². The minimum absolute atomic E-state index is 0.259. The molecule has 0 saturated carbocycles. The number of hydrogen-bond acceptors (Lipinski definition) is 2. The van der Waals surface area contributed by atoms with E-state index in [4.69, 9.17) is 11.6 Å². The van der Waals surface area contributed by atoms with Crippen LogP contribution in [-0.4, -0.2) is 9.97 Å². The molecule has 23 heavy (non-hydrogen) atoms. The van der Waals surface area contributed by atoms with Crippen molar-refractivity contribution in [1.29, 1.82) is 0 Å². The molecule has 110 valence electrons. The quantitative estimate of drug-likeness (QED) is 0.449. The molecule has 0 spiro atoms. The second-order valence-electron chi connectivity index (χ2n) is 5.30. The van der Waals surface area contributed by atoms with Gasteiger partial charge in [-0.15, -0.1) is 0 Å². The first kappa shape index (κ1) is 13.9. The molecular weight excluding hydrogens is 304 g/mol. The molecule has 0 aliphatic rings. The van der Waals surface area contributed by atoms with Crippen molar-refractivity contribution in [3.05, 3.63) is 84.1 Å². The fourth-order valence-electron chi connectivity index (χ4n) is 2.76. The van der Waals surface area contributed by atoms with Crippen molar-refractivity contribution in [2.45, 2.75) is 0 Å². The summed E-state index contributed by atoms with van der Waals surface area (Å²) in [6, 6.07) is 26.5. The summed E-state index contributed by atoms with van der Waals surface area (Å²) in [7, 11) is 0. The highest BCUT2D eigenvalue weighted by molar-refractivity contribution is 6.28. The van der Waals surface area contributed by atoms with Crippen LogP contribution >= 0.6 is 11.6 Å². The van der Waals surface area contributed by atoms with E-state index >= 15 is 0 Å². The average molecular weight is 317 g/mol. The van der Waals surface area contributed by atoms with E-state index in [9.17, 15) is 0 Å². The topological polar surface area (TPSA) is 25.8 Å². The van der Waals surface area contributed by atoms with Crippen LogP contribution in [0.15, 0.2) is 78.9 Å². The predicted molar refractivity (Wildman–Crippen MR) is 95.4 cm³/mol. The number of nitrogens with zero attached hydrogens (tertiary/aromatic N) is 2. The number of rotatable bonds is 2. The molecule has 0 atom stereocenters. The lowest BCUT2D eigenvalue weighted by molar-refractivity contribution is 1.18. The molecule has 0 aliphatic heterocycles. The van der Waals surface area contributed by atoms with Crippen LogP contribution < -0.4 is 0 Å². The van der Waals surface area contributed by atoms with E-state index in [0.29, 0.717) is 0 Å². The first-order valence-electron chi connectivity index (χ1n) is 7.39. The van der Waals surface area contributed by atoms with Crippen LogP contribution in [0.25, 0.3) is 33.3 Å². The molecule has 0 N–H and O–H groups in total. The first-order chi connectivity index (χ1) is 11.3. The van der Waals surface area contributed by atoms with E-state index in [1.807, 2.05) is 54.6 Å². The Labute approximate surface area is 139 Å². The molecular formula is C20H13ClN2. The van der Waals surface area contributed by atoms with Crippen molar-refractivity contribution in [3.63, 3.8) is 0 Å². The standard InChI is InChI=1S/C20H13ClN2/c21-20-22-18(15-8-2-1-3-9-15)13-19(23-20)17-12-6-10-14-7-4-5-11-16(14)17/h1-13H. The van der Waals surface area contributed by atoms with Crippen molar-refractivity contribution < 1.29 is 0 Å². The summed E-state index contributed by atoms with van der Waals surface area (Å²) in [5, 5.41) is 2.60. The van der Waals surface area contributed by atoms with Gasteiger partial charge < -0.3 is 0 Å². The highest BCUT2D eigenvalue weighted by atomic mass is 35.5. The molecule has 2 nitrogen and oxygen atoms in total. The molecule has 1 aromatic heterocycles. The third-order valence-corrected chi connectivity index (χ3v) is 4.00. The highest BCUT2D eigenvalue weighted by Gasteiger charge is 2.09. The number of aromatic nitrogens is 2. The molecule has 4 rings (SSSR count). The van der Waals surface area contributed by atoms with Crippen LogP contribution in [-0.2, 0) is 0 Å². The summed E-state index contributed by atoms with van der Waals surface area (Å²) in [6.45, 7) is 0. The van der Waals surface area contributed by atoms with Crippen molar-refractivity contribution in [1.82, 2.24) is 9.97 Å². The third-order valence-electron chi connectivity index (χ3n) is 3.83. The fraction of sp³-hybridized carbons (Fsp3) is 0. The van der Waals surface area contributed by atoms with Crippen molar-refractivity contribution in [2.24, 2.45) is 0 Å². The maximum Gasteiger partial charge on any atom is 0.223 e. The molecule has 1 heterocycles. The summed E-state index contributed by atoms with van der Waals surface area (Å²) in [6.07, 6.45) is 0. The van der Waals surface area contributed by atoms with E-state index in [2.05, 4.69) is 34.2 Å². The van der Waals surface area contributed by atoms with Crippen molar-refractivity contribution >= 4 is 22.4 Å². The van der Waals surface area contributed by atoms with Crippen LogP contribution in [0.2, 0.25) is 5.28 Å². The second kappa shape index (κ2) is 5.82. The van der Waals surface area contributed by atoms with Gasteiger partial charge in [-0.1, -0.05) is 72.8 Å². The summed E-state index contributed by atoms with van der Waals surface area (Å²) in [5.74, 6) is 0. The SMILES string of the molecule is Clc1nc(-c2ccccc2)cc(-c2cccc3ccccc23)n1. The minimum Gasteiger partial charge on any atom is -0.218 e. The molecule has 3 aromatic carbocycles. The fourth-order valence-corrected chi connectivity index (χ4v) is 2.94. The minimum atomic E-state index is 0.259. The average Bonchev–Trinajstić information content (AvgIpc) is 2.61.